The second-order valence-corrected chi connectivity index (χ2v) is 4.40. The van der Waals surface area contributed by atoms with Crippen LogP contribution < -0.4 is 5.73 Å². The highest BCUT2D eigenvalue weighted by atomic mass is 16.2. The van der Waals surface area contributed by atoms with Crippen LogP contribution in [-0.2, 0) is 4.79 Å². The lowest BCUT2D eigenvalue weighted by atomic mass is 10.3. The van der Waals surface area contributed by atoms with Gasteiger partial charge in [0.25, 0.3) is 0 Å². The van der Waals surface area contributed by atoms with Gasteiger partial charge >= 0.3 is 0 Å². The second-order valence-electron chi connectivity index (χ2n) is 4.40. The van der Waals surface area contributed by atoms with E-state index in [0.717, 1.165) is 25.2 Å². The van der Waals surface area contributed by atoms with Crippen molar-refractivity contribution in [2.24, 2.45) is 10.7 Å². The largest absolute Gasteiger partial charge is 0.369 e. The highest BCUT2D eigenvalue weighted by molar-refractivity contribution is 5.87. The van der Waals surface area contributed by atoms with Crippen molar-refractivity contribution in [3.63, 3.8) is 0 Å². The minimum Gasteiger partial charge on any atom is -0.369 e. The van der Waals surface area contributed by atoms with Crippen molar-refractivity contribution in [1.82, 2.24) is 9.80 Å². The van der Waals surface area contributed by atoms with Gasteiger partial charge < -0.3 is 15.5 Å². The quantitative estimate of drug-likeness (QED) is 0.589. The molecule has 18 heavy (non-hydrogen) atoms. The molecule has 0 unspecified atom stereocenters. The maximum atomic E-state index is 11.8. The minimum absolute atomic E-state index is 0.0821. The molecule has 1 amide bonds. The number of hydrogen-bond acceptors (Lipinski definition) is 2. The van der Waals surface area contributed by atoms with E-state index < -0.39 is 0 Å². The van der Waals surface area contributed by atoms with Gasteiger partial charge in [-0.3, -0.25) is 4.79 Å². The van der Waals surface area contributed by atoms with Crippen molar-refractivity contribution >= 4 is 17.6 Å². The monoisotopic (exact) mass is 246 g/mol. The number of likely N-dealkylation sites (N-methyl/N-ethyl adjacent to an activating group) is 1. The molecule has 0 aromatic heterocycles. The number of para-hydroxylation sites is 1. The Labute approximate surface area is 107 Å². The fourth-order valence-electron chi connectivity index (χ4n) is 1.89. The lowest BCUT2D eigenvalue weighted by Gasteiger charge is -2.20. The van der Waals surface area contributed by atoms with E-state index in [1.165, 1.54) is 0 Å². The summed E-state index contributed by atoms with van der Waals surface area (Å²) >= 11 is 0. The molecule has 1 aromatic carbocycles. The van der Waals surface area contributed by atoms with E-state index in [0.29, 0.717) is 12.5 Å². The van der Waals surface area contributed by atoms with E-state index in [1.54, 1.807) is 4.90 Å². The number of guanidine groups is 1. The third-order valence-corrected chi connectivity index (χ3v) is 3.00. The van der Waals surface area contributed by atoms with Gasteiger partial charge in [-0.05, 0) is 18.6 Å². The van der Waals surface area contributed by atoms with Crippen LogP contribution >= 0.6 is 0 Å². The molecular weight excluding hydrogens is 228 g/mol. The van der Waals surface area contributed by atoms with E-state index in [-0.39, 0.29) is 5.91 Å². The molecule has 0 atom stereocenters. The third kappa shape index (κ3) is 3.00. The Morgan fingerprint density at radius 1 is 1.28 bits per heavy atom. The molecule has 0 aliphatic carbocycles. The summed E-state index contributed by atoms with van der Waals surface area (Å²) in [6, 6.07) is 9.53. The number of benzene rings is 1. The van der Waals surface area contributed by atoms with Crippen LogP contribution in [0.5, 0.6) is 0 Å². The lowest BCUT2D eigenvalue weighted by molar-refractivity contribution is -0.129. The molecule has 5 nitrogen and oxygen atoms in total. The summed E-state index contributed by atoms with van der Waals surface area (Å²) < 4.78 is 0. The molecule has 1 heterocycles. The van der Waals surface area contributed by atoms with Gasteiger partial charge in [-0.1, -0.05) is 18.2 Å². The molecule has 1 fully saturated rings. The van der Waals surface area contributed by atoms with Gasteiger partial charge in [0.2, 0.25) is 5.91 Å². The van der Waals surface area contributed by atoms with Crippen LogP contribution in [0.1, 0.15) is 6.42 Å². The van der Waals surface area contributed by atoms with Crippen LogP contribution in [0.15, 0.2) is 35.3 Å². The maximum Gasteiger partial charge on any atom is 0.241 e. The van der Waals surface area contributed by atoms with Gasteiger partial charge in [-0.15, -0.1) is 0 Å². The number of aliphatic imine (C=N–C) groups is 1. The molecule has 5 heteroatoms. The zero-order valence-electron chi connectivity index (χ0n) is 10.5. The van der Waals surface area contributed by atoms with Gasteiger partial charge in [0.1, 0.15) is 0 Å². The number of nitrogens with two attached hydrogens (primary N) is 1. The average molecular weight is 246 g/mol. The van der Waals surface area contributed by atoms with Gasteiger partial charge in [-0.2, -0.15) is 0 Å². The first-order chi connectivity index (χ1) is 8.66. The Balaban J connectivity index is 2.11. The maximum absolute atomic E-state index is 11.8. The van der Waals surface area contributed by atoms with Crippen LogP contribution in [0.4, 0.5) is 5.69 Å². The fourth-order valence-corrected chi connectivity index (χ4v) is 1.89. The molecule has 1 aliphatic heterocycles. The zero-order chi connectivity index (χ0) is 13.0. The minimum atomic E-state index is 0.0821. The fraction of sp³-hybridized carbons (Fsp3) is 0.385. The number of amides is 1. The number of carbonyl (C=O) groups is 1. The van der Waals surface area contributed by atoms with Gasteiger partial charge in [-0.25, -0.2) is 4.99 Å². The summed E-state index contributed by atoms with van der Waals surface area (Å²) in [5.74, 6) is 0.489. The molecule has 0 saturated carbocycles. The molecule has 1 aromatic rings. The summed E-state index contributed by atoms with van der Waals surface area (Å²) in [7, 11) is 1.82. The summed E-state index contributed by atoms with van der Waals surface area (Å²) in [5.41, 5.74) is 6.77. The van der Waals surface area contributed by atoms with Crippen molar-refractivity contribution in [3.8, 4) is 0 Å². The van der Waals surface area contributed by atoms with Gasteiger partial charge in [0.15, 0.2) is 5.96 Å². The molecule has 1 aliphatic rings. The van der Waals surface area contributed by atoms with Crippen molar-refractivity contribution in [3.05, 3.63) is 30.3 Å². The van der Waals surface area contributed by atoms with Crippen molar-refractivity contribution in [1.29, 1.82) is 0 Å². The standard InChI is InChI=1S/C13H18N4O/c1-16-8-5-9-17(10-12(16)18)13(14)15-11-6-3-2-4-7-11/h2-4,6-7H,5,8-10H2,1H3,(H2,14,15). The SMILES string of the molecule is CN1CCCN(C(N)=Nc2ccccc2)CC1=O. The molecule has 2 rings (SSSR count). The predicted octanol–water partition coefficient (Wildman–Crippen LogP) is 0.797. The van der Waals surface area contributed by atoms with Crippen molar-refractivity contribution < 1.29 is 4.79 Å². The molecule has 2 N–H and O–H groups in total. The third-order valence-electron chi connectivity index (χ3n) is 3.00. The zero-order valence-corrected chi connectivity index (χ0v) is 10.5. The Morgan fingerprint density at radius 2 is 2.00 bits per heavy atom. The Hall–Kier alpha value is -2.04. The van der Waals surface area contributed by atoms with Crippen LogP contribution in [0.2, 0.25) is 0 Å². The van der Waals surface area contributed by atoms with Gasteiger partial charge in [0, 0.05) is 20.1 Å². The summed E-state index contributed by atoms with van der Waals surface area (Å²) in [6.07, 6.45) is 0.910. The highest BCUT2D eigenvalue weighted by Crippen LogP contribution is 2.11. The first-order valence-electron chi connectivity index (χ1n) is 6.05. The second kappa shape index (κ2) is 5.53. The lowest BCUT2D eigenvalue weighted by Crippen LogP contribution is -2.41. The van der Waals surface area contributed by atoms with E-state index in [2.05, 4.69) is 4.99 Å². The molecule has 0 spiro atoms. The first kappa shape index (κ1) is 12.4. The van der Waals surface area contributed by atoms with Crippen molar-refractivity contribution in [2.75, 3.05) is 26.7 Å². The summed E-state index contributed by atoms with van der Waals surface area (Å²) in [4.78, 5) is 19.7. The topological polar surface area (TPSA) is 61.9 Å². The Bertz CT molecular complexity index is 444. The first-order valence-corrected chi connectivity index (χ1v) is 6.05. The highest BCUT2D eigenvalue weighted by Gasteiger charge is 2.19. The summed E-state index contributed by atoms with van der Waals surface area (Å²) in [5, 5.41) is 0. The van der Waals surface area contributed by atoms with E-state index in [9.17, 15) is 4.79 Å². The van der Waals surface area contributed by atoms with Crippen molar-refractivity contribution in [2.45, 2.75) is 6.42 Å². The van der Waals surface area contributed by atoms with E-state index in [4.69, 9.17) is 5.73 Å². The van der Waals surface area contributed by atoms with Gasteiger partial charge in [0.05, 0.1) is 12.2 Å². The van der Waals surface area contributed by atoms with Crippen LogP contribution in [-0.4, -0.2) is 48.3 Å². The number of rotatable bonds is 1. The Kier molecular flexibility index (Phi) is 3.82. The molecule has 96 valence electrons. The molecular formula is C13H18N4O. The van der Waals surface area contributed by atoms with Crippen LogP contribution in [0.25, 0.3) is 0 Å². The van der Waals surface area contributed by atoms with E-state index in [1.807, 2.05) is 42.3 Å². The van der Waals surface area contributed by atoms with E-state index >= 15 is 0 Å². The molecule has 0 bridgehead atoms. The Morgan fingerprint density at radius 3 is 2.72 bits per heavy atom. The number of nitrogens with zero attached hydrogens (tertiary/aromatic N) is 3. The number of carbonyl (C=O) groups excluding carboxylic acids is 1. The number of hydrogen-bond donors (Lipinski definition) is 1. The predicted molar refractivity (Wildman–Crippen MR) is 71.6 cm³/mol. The molecule has 0 radical (unpaired) electrons. The van der Waals surface area contributed by atoms with Crippen LogP contribution in [0, 0.1) is 0 Å². The summed E-state index contributed by atoms with van der Waals surface area (Å²) in [6.45, 7) is 1.84. The molecule has 1 saturated heterocycles. The smallest absolute Gasteiger partial charge is 0.241 e. The normalized spacial score (nSPS) is 17.8. The average Bonchev–Trinajstić information content (AvgIpc) is 2.53. The van der Waals surface area contributed by atoms with Crippen LogP contribution in [0.3, 0.4) is 0 Å².